The van der Waals surface area contributed by atoms with Crippen LogP contribution in [0.1, 0.15) is 25.6 Å². The first-order valence-corrected chi connectivity index (χ1v) is 6.86. The van der Waals surface area contributed by atoms with E-state index in [-0.39, 0.29) is 11.5 Å². The maximum Gasteiger partial charge on any atom is 0.189 e. The highest BCUT2D eigenvalue weighted by atomic mass is 32.1. The van der Waals surface area contributed by atoms with Crippen LogP contribution in [-0.4, -0.2) is 18.5 Å². The van der Waals surface area contributed by atoms with Gasteiger partial charge in [-0.15, -0.1) is 17.8 Å². The summed E-state index contributed by atoms with van der Waals surface area (Å²) >= 11 is 1.73. The number of thiophene rings is 1. The molecular formula is C14H21N3S. The Labute approximate surface area is 114 Å². The molecule has 3 N–H and O–H groups in total. The first-order valence-electron chi connectivity index (χ1n) is 5.98. The van der Waals surface area contributed by atoms with E-state index in [1.165, 1.54) is 4.88 Å². The molecule has 0 aliphatic rings. The first kappa shape index (κ1) is 14.6. The third kappa shape index (κ3) is 4.80. The molecule has 18 heavy (non-hydrogen) atoms. The number of aliphatic imine (C=N–C) groups is 1. The fourth-order valence-corrected chi connectivity index (χ4v) is 2.14. The Balaban J connectivity index is 2.44. The van der Waals surface area contributed by atoms with Crippen LogP contribution in [-0.2, 0) is 6.42 Å². The smallest absolute Gasteiger partial charge is 0.189 e. The van der Waals surface area contributed by atoms with Gasteiger partial charge < -0.3 is 11.1 Å². The van der Waals surface area contributed by atoms with E-state index in [4.69, 9.17) is 12.2 Å². The highest BCUT2D eigenvalue weighted by molar-refractivity contribution is 7.09. The number of nitrogens with one attached hydrogen (secondary N) is 1. The highest BCUT2D eigenvalue weighted by Crippen LogP contribution is 2.18. The molecule has 0 radical (unpaired) electrons. The lowest BCUT2D eigenvalue weighted by Gasteiger charge is -2.27. The van der Waals surface area contributed by atoms with Crippen molar-refractivity contribution in [3.63, 3.8) is 0 Å². The molecule has 0 aromatic carbocycles. The van der Waals surface area contributed by atoms with Crippen molar-refractivity contribution >= 4 is 17.3 Å². The quantitative estimate of drug-likeness (QED) is 0.497. The molecule has 0 fully saturated rings. The van der Waals surface area contributed by atoms with Crippen LogP contribution in [0.5, 0.6) is 0 Å². The van der Waals surface area contributed by atoms with Gasteiger partial charge >= 0.3 is 0 Å². The minimum Gasteiger partial charge on any atom is -0.370 e. The molecule has 0 aliphatic carbocycles. The Hall–Kier alpha value is -1.47. The summed E-state index contributed by atoms with van der Waals surface area (Å²) in [5, 5.41) is 5.15. The fraction of sp³-hybridized carbons (Fsp3) is 0.500. The predicted octanol–water partition coefficient (Wildman–Crippen LogP) is 2.24. The molecule has 98 valence electrons. The lowest BCUT2D eigenvalue weighted by molar-refractivity contribution is 0.351. The van der Waals surface area contributed by atoms with Crippen molar-refractivity contribution in [3.05, 3.63) is 22.4 Å². The van der Waals surface area contributed by atoms with Crippen LogP contribution in [0, 0.1) is 17.8 Å². The van der Waals surface area contributed by atoms with Crippen molar-refractivity contribution in [1.29, 1.82) is 0 Å². The Kier molecular flexibility index (Phi) is 5.24. The summed E-state index contributed by atoms with van der Waals surface area (Å²) in [7, 11) is 0. The molecule has 1 unspecified atom stereocenters. The molecular weight excluding hydrogens is 242 g/mol. The van der Waals surface area contributed by atoms with E-state index >= 15 is 0 Å². The van der Waals surface area contributed by atoms with Gasteiger partial charge in [0.1, 0.15) is 0 Å². The van der Waals surface area contributed by atoms with E-state index < -0.39 is 0 Å². The van der Waals surface area contributed by atoms with Gasteiger partial charge in [0.15, 0.2) is 5.96 Å². The molecule has 0 amide bonds. The number of hydrogen-bond acceptors (Lipinski definition) is 2. The SMILES string of the molecule is C#CC(NC(N)=NCCc1cccs1)C(C)(C)C. The predicted molar refractivity (Wildman–Crippen MR) is 79.7 cm³/mol. The summed E-state index contributed by atoms with van der Waals surface area (Å²) in [6.07, 6.45) is 6.40. The normalized spacial score (nSPS) is 14.0. The second-order valence-corrected chi connectivity index (χ2v) is 6.24. The molecule has 0 aliphatic heterocycles. The van der Waals surface area contributed by atoms with Gasteiger partial charge in [-0.25, -0.2) is 0 Å². The number of rotatable bonds is 4. The van der Waals surface area contributed by atoms with Gasteiger partial charge in [0.25, 0.3) is 0 Å². The average molecular weight is 263 g/mol. The summed E-state index contributed by atoms with van der Waals surface area (Å²) < 4.78 is 0. The molecule has 4 heteroatoms. The molecule has 0 spiro atoms. The molecule has 0 bridgehead atoms. The van der Waals surface area contributed by atoms with E-state index in [1.54, 1.807) is 11.3 Å². The van der Waals surface area contributed by atoms with Crippen molar-refractivity contribution in [2.24, 2.45) is 16.1 Å². The maximum absolute atomic E-state index is 5.83. The maximum atomic E-state index is 5.83. The third-order valence-electron chi connectivity index (χ3n) is 2.55. The van der Waals surface area contributed by atoms with Gasteiger partial charge in [-0.3, -0.25) is 4.99 Å². The lowest BCUT2D eigenvalue weighted by Crippen LogP contribution is -2.46. The Morgan fingerprint density at radius 1 is 1.61 bits per heavy atom. The molecule has 3 nitrogen and oxygen atoms in total. The Morgan fingerprint density at radius 3 is 2.83 bits per heavy atom. The van der Waals surface area contributed by atoms with E-state index in [1.807, 2.05) is 6.07 Å². The molecule has 0 saturated heterocycles. The van der Waals surface area contributed by atoms with Crippen molar-refractivity contribution in [3.8, 4) is 12.3 Å². The number of terminal acetylenes is 1. The van der Waals surface area contributed by atoms with Crippen LogP contribution >= 0.6 is 11.3 Å². The van der Waals surface area contributed by atoms with Crippen molar-refractivity contribution in [2.45, 2.75) is 33.2 Å². The number of nitrogens with two attached hydrogens (primary N) is 1. The number of nitrogens with zero attached hydrogens (tertiary/aromatic N) is 1. The van der Waals surface area contributed by atoms with Gasteiger partial charge in [0.2, 0.25) is 0 Å². The second kappa shape index (κ2) is 6.46. The first-order chi connectivity index (χ1) is 8.43. The zero-order chi connectivity index (χ0) is 13.6. The van der Waals surface area contributed by atoms with Crippen LogP contribution in [0.3, 0.4) is 0 Å². The largest absolute Gasteiger partial charge is 0.370 e. The lowest BCUT2D eigenvalue weighted by atomic mass is 9.87. The molecule has 1 aromatic rings. The van der Waals surface area contributed by atoms with E-state index in [9.17, 15) is 0 Å². The van der Waals surface area contributed by atoms with Crippen LogP contribution in [0.15, 0.2) is 22.5 Å². The van der Waals surface area contributed by atoms with Gasteiger partial charge in [-0.2, -0.15) is 0 Å². The highest BCUT2D eigenvalue weighted by Gasteiger charge is 2.22. The minimum absolute atomic E-state index is 0.0390. The van der Waals surface area contributed by atoms with Crippen molar-refractivity contribution < 1.29 is 0 Å². The van der Waals surface area contributed by atoms with Crippen LogP contribution in [0.2, 0.25) is 0 Å². The van der Waals surface area contributed by atoms with E-state index in [2.05, 4.69) is 48.4 Å². The van der Waals surface area contributed by atoms with E-state index in [0.717, 1.165) is 6.42 Å². The topological polar surface area (TPSA) is 50.4 Å². The molecule has 1 rings (SSSR count). The third-order valence-corrected chi connectivity index (χ3v) is 3.48. The molecule has 1 atom stereocenters. The average Bonchev–Trinajstić information content (AvgIpc) is 2.77. The second-order valence-electron chi connectivity index (χ2n) is 5.21. The summed E-state index contributed by atoms with van der Waals surface area (Å²) in [6.45, 7) is 6.90. The Morgan fingerprint density at radius 2 is 2.33 bits per heavy atom. The van der Waals surface area contributed by atoms with Crippen molar-refractivity contribution in [1.82, 2.24) is 5.32 Å². The fourth-order valence-electron chi connectivity index (χ4n) is 1.44. The minimum atomic E-state index is -0.108. The van der Waals surface area contributed by atoms with Gasteiger partial charge in [-0.1, -0.05) is 32.8 Å². The van der Waals surface area contributed by atoms with Gasteiger partial charge in [0.05, 0.1) is 6.04 Å². The monoisotopic (exact) mass is 263 g/mol. The summed E-state index contributed by atoms with van der Waals surface area (Å²) in [4.78, 5) is 5.61. The van der Waals surface area contributed by atoms with Crippen LogP contribution in [0.4, 0.5) is 0 Å². The standard InChI is InChI=1S/C14H21N3S/c1-5-12(14(2,3)4)17-13(15)16-9-8-11-7-6-10-18-11/h1,6-7,10,12H,8-9H2,2-4H3,(H3,15,16,17). The van der Waals surface area contributed by atoms with Crippen LogP contribution in [0.25, 0.3) is 0 Å². The van der Waals surface area contributed by atoms with Gasteiger partial charge in [-0.05, 0) is 16.9 Å². The molecule has 0 saturated carbocycles. The zero-order valence-corrected chi connectivity index (χ0v) is 12.1. The van der Waals surface area contributed by atoms with Crippen molar-refractivity contribution in [2.75, 3.05) is 6.54 Å². The molecule has 1 aromatic heterocycles. The zero-order valence-electron chi connectivity index (χ0n) is 11.2. The number of guanidine groups is 1. The Bertz CT molecular complexity index is 421. The van der Waals surface area contributed by atoms with E-state index in [0.29, 0.717) is 12.5 Å². The summed E-state index contributed by atoms with van der Waals surface area (Å²) in [6, 6.07) is 4.03. The summed E-state index contributed by atoms with van der Waals surface area (Å²) in [5.41, 5.74) is 5.79. The number of hydrogen-bond donors (Lipinski definition) is 2. The molecule has 1 heterocycles. The summed E-state index contributed by atoms with van der Waals surface area (Å²) in [5.74, 6) is 3.13. The van der Waals surface area contributed by atoms with Crippen LogP contribution < -0.4 is 11.1 Å². The van der Waals surface area contributed by atoms with Gasteiger partial charge in [0, 0.05) is 17.8 Å².